The monoisotopic (exact) mass is 217 g/mol. The van der Waals surface area contributed by atoms with E-state index in [-0.39, 0.29) is 0 Å². The highest BCUT2D eigenvalue weighted by Gasteiger charge is 2.11. The van der Waals surface area contributed by atoms with Gasteiger partial charge in [-0.3, -0.25) is 0 Å². The van der Waals surface area contributed by atoms with Crippen LogP contribution in [-0.4, -0.2) is 38.0 Å². The molecule has 3 heteroatoms. The van der Waals surface area contributed by atoms with E-state index < -0.39 is 0 Å². The van der Waals surface area contributed by atoms with Crippen LogP contribution >= 0.6 is 0 Å². The molecule has 2 atom stereocenters. The van der Waals surface area contributed by atoms with Gasteiger partial charge in [-0.2, -0.15) is 0 Å². The van der Waals surface area contributed by atoms with Crippen molar-refractivity contribution >= 4 is 0 Å². The van der Waals surface area contributed by atoms with Crippen LogP contribution in [0.3, 0.4) is 0 Å². The van der Waals surface area contributed by atoms with Crippen LogP contribution in [0.2, 0.25) is 0 Å². The minimum absolute atomic E-state index is 0.297. The largest absolute Gasteiger partial charge is 0.396 e. The average Bonchev–Trinajstić information content (AvgIpc) is 2.21. The molecule has 0 aliphatic rings. The zero-order valence-electron chi connectivity index (χ0n) is 10.6. The van der Waals surface area contributed by atoms with Crippen molar-refractivity contribution in [1.29, 1.82) is 0 Å². The fraction of sp³-hybridized carbons (Fsp3) is 1.00. The molecule has 0 aromatic carbocycles. The summed E-state index contributed by atoms with van der Waals surface area (Å²) in [5.74, 6) is 1.02. The average molecular weight is 217 g/mol. The molecule has 0 aliphatic heterocycles. The second-order valence-electron chi connectivity index (χ2n) is 4.69. The first-order valence-electron chi connectivity index (χ1n) is 5.95. The van der Waals surface area contributed by atoms with Crippen LogP contribution in [0.5, 0.6) is 0 Å². The lowest BCUT2D eigenvalue weighted by Crippen LogP contribution is -2.38. The number of aliphatic hydroxyl groups is 1. The first-order valence-corrected chi connectivity index (χ1v) is 5.95. The van der Waals surface area contributed by atoms with Gasteiger partial charge in [-0.05, 0) is 31.2 Å². The highest BCUT2D eigenvalue weighted by Crippen LogP contribution is 2.05. The van der Waals surface area contributed by atoms with Crippen LogP contribution in [0.25, 0.3) is 0 Å². The van der Waals surface area contributed by atoms with Crippen molar-refractivity contribution in [1.82, 2.24) is 5.32 Å². The van der Waals surface area contributed by atoms with E-state index in [0.717, 1.165) is 26.0 Å². The van der Waals surface area contributed by atoms with Crippen molar-refractivity contribution < 1.29 is 9.84 Å². The van der Waals surface area contributed by atoms with Crippen LogP contribution < -0.4 is 5.32 Å². The number of rotatable bonds is 9. The van der Waals surface area contributed by atoms with Crippen molar-refractivity contribution in [3.63, 3.8) is 0 Å². The first-order chi connectivity index (χ1) is 7.11. The molecule has 0 spiro atoms. The smallest absolute Gasteiger partial charge is 0.0618 e. The normalized spacial score (nSPS) is 15.6. The summed E-state index contributed by atoms with van der Waals surface area (Å²) in [4.78, 5) is 0. The molecule has 0 bridgehead atoms. The summed E-state index contributed by atoms with van der Waals surface area (Å²) in [5.41, 5.74) is 0. The summed E-state index contributed by atoms with van der Waals surface area (Å²) in [5, 5.41) is 12.4. The minimum Gasteiger partial charge on any atom is -0.396 e. The van der Waals surface area contributed by atoms with E-state index in [1.54, 1.807) is 7.11 Å². The van der Waals surface area contributed by atoms with Gasteiger partial charge in [0.05, 0.1) is 6.61 Å². The Morgan fingerprint density at radius 3 is 2.40 bits per heavy atom. The second kappa shape index (κ2) is 9.13. The van der Waals surface area contributed by atoms with Crippen LogP contribution in [0.4, 0.5) is 0 Å². The zero-order chi connectivity index (χ0) is 11.7. The lowest BCUT2D eigenvalue weighted by Gasteiger charge is -2.21. The Bertz CT molecular complexity index is 140. The van der Waals surface area contributed by atoms with Gasteiger partial charge in [0, 0.05) is 19.8 Å². The van der Waals surface area contributed by atoms with Gasteiger partial charge in [0.15, 0.2) is 0 Å². The minimum atomic E-state index is 0.297. The maximum absolute atomic E-state index is 8.88. The number of ether oxygens (including phenoxy) is 1. The molecule has 92 valence electrons. The summed E-state index contributed by atoms with van der Waals surface area (Å²) in [6.45, 7) is 8.56. The van der Waals surface area contributed by atoms with Gasteiger partial charge in [0.1, 0.15) is 0 Å². The number of aliphatic hydroxyl groups excluding tert-OH is 1. The summed E-state index contributed by atoms with van der Waals surface area (Å²) in [6, 6.07) is 0.444. The van der Waals surface area contributed by atoms with E-state index in [2.05, 4.69) is 26.1 Å². The zero-order valence-corrected chi connectivity index (χ0v) is 10.6. The van der Waals surface area contributed by atoms with Crippen LogP contribution in [0.1, 0.15) is 33.6 Å². The molecule has 0 saturated heterocycles. The van der Waals surface area contributed by atoms with Crippen molar-refractivity contribution in [3.8, 4) is 0 Å². The van der Waals surface area contributed by atoms with Crippen LogP contribution in [0.15, 0.2) is 0 Å². The highest BCUT2D eigenvalue weighted by atomic mass is 16.5. The second-order valence-corrected chi connectivity index (χ2v) is 4.69. The Kier molecular flexibility index (Phi) is 9.06. The molecule has 2 N–H and O–H groups in total. The summed E-state index contributed by atoms with van der Waals surface area (Å²) < 4.78 is 5.16. The van der Waals surface area contributed by atoms with E-state index in [1.165, 1.54) is 0 Å². The van der Waals surface area contributed by atoms with E-state index in [0.29, 0.717) is 24.5 Å². The quantitative estimate of drug-likeness (QED) is 0.577. The van der Waals surface area contributed by atoms with Crippen LogP contribution in [0, 0.1) is 11.8 Å². The topological polar surface area (TPSA) is 41.5 Å². The Morgan fingerprint density at radius 1 is 1.27 bits per heavy atom. The van der Waals surface area contributed by atoms with Crippen molar-refractivity contribution in [3.05, 3.63) is 0 Å². The van der Waals surface area contributed by atoms with Crippen molar-refractivity contribution in [2.45, 2.75) is 39.7 Å². The molecule has 0 rings (SSSR count). The van der Waals surface area contributed by atoms with Gasteiger partial charge in [0.2, 0.25) is 0 Å². The molecule has 2 unspecified atom stereocenters. The number of hydrogen-bond donors (Lipinski definition) is 2. The van der Waals surface area contributed by atoms with E-state index >= 15 is 0 Å². The molecule has 0 heterocycles. The number of hydrogen-bond acceptors (Lipinski definition) is 3. The predicted molar refractivity (Wildman–Crippen MR) is 64.0 cm³/mol. The summed E-state index contributed by atoms with van der Waals surface area (Å²) in [7, 11) is 1.74. The fourth-order valence-electron chi connectivity index (χ4n) is 1.50. The molecule has 0 aliphatic carbocycles. The third-order valence-electron chi connectivity index (χ3n) is 2.74. The molecule has 15 heavy (non-hydrogen) atoms. The third-order valence-corrected chi connectivity index (χ3v) is 2.74. The number of nitrogens with one attached hydrogen (secondary N) is 1. The van der Waals surface area contributed by atoms with E-state index in [1.807, 2.05) is 0 Å². The van der Waals surface area contributed by atoms with Gasteiger partial charge in [-0.25, -0.2) is 0 Å². The molecule has 0 aromatic rings. The summed E-state index contributed by atoms with van der Waals surface area (Å²) in [6.07, 6.45) is 2.20. The number of methoxy groups -OCH3 is 1. The molecule has 3 nitrogen and oxygen atoms in total. The highest BCUT2D eigenvalue weighted by molar-refractivity contribution is 4.69. The maximum Gasteiger partial charge on any atom is 0.0618 e. The fourth-order valence-corrected chi connectivity index (χ4v) is 1.50. The molecular formula is C12H27NO2. The predicted octanol–water partition coefficient (Wildman–Crippen LogP) is 1.66. The molecule has 0 fully saturated rings. The lowest BCUT2D eigenvalue weighted by atomic mass is 10.0. The molecule has 0 radical (unpaired) electrons. The van der Waals surface area contributed by atoms with Crippen LogP contribution in [-0.2, 0) is 4.74 Å². The Labute approximate surface area is 94.2 Å². The molecular weight excluding hydrogens is 190 g/mol. The summed E-state index contributed by atoms with van der Waals surface area (Å²) >= 11 is 0. The van der Waals surface area contributed by atoms with Gasteiger partial charge < -0.3 is 15.2 Å². The lowest BCUT2D eigenvalue weighted by molar-refractivity contribution is 0.146. The third kappa shape index (κ3) is 7.77. The Hall–Kier alpha value is -0.120. The molecule has 0 amide bonds. The van der Waals surface area contributed by atoms with Gasteiger partial charge in [0.25, 0.3) is 0 Å². The SMILES string of the molecule is COCC(NCCCC(C)CO)C(C)C. The van der Waals surface area contributed by atoms with E-state index in [9.17, 15) is 0 Å². The standard InChI is InChI=1S/C12H27NO2/c1-10(2)12(9-15-4)13-7-5-6-11(3)8-14/h10-14H,5-9H2,1-4H3. The van der Waals surface area contributed by atoms with Gasteiger partial charge >= 0.3 is 0 Å². The maximum atomic E-state index is 8.88. The Morgan fingerprint density at radius 2 is 1.93 bits per heavy atom. The van der Waals surface area contributed by atoms with E-state index in [4.69, 9.17) is 9.84 Å². The Balaban J connectivity index is 3.53. The molecule has 0 saturated carbocycles. The van der Waals surface area contributed by atoms with Crippen molar-refractivity contribution in [2.24, 2.45) is 11.8 Å². The van der Waals surface area contributed by atoms with Crippen molar-refractivity contribution in [2.75, 3.05) is 26.9 Å². The first kappa shape index (κ1) is 14.9. The van der Waals surface area contributed by atoms with Gasteiger partial charge in [-0.1, -0.05) is 20.8 Å². The van der Waals surface area contributed by atoms with Gasteiger partial charge in [-0.15, -0.1) is 0 Å². The molecule has 0 aromatic heterocycles.